The van der Waals surface area contributed by atoms with E-state index in [-0.39, 0.29) is 47.9 Å². The van der Waals surface area contributed by atoms with E-state index in [1.165, 1.54) is 12.1 Å². The highest BCUT2D eigenvalue weighted by Crippen LogP contribution is 2.35. The van der Waals surface area contributed by atoms with Crippen LogP contribution in [0.25, 0.3) is 21.2 Å². The van der Waals surface area contributed by atoms with Crippen LogP contribution in [0.15, 0.2) is 115 Å². The lowest BCUT2D eigenvalue weighted by molar-refractivity contribution is -0.144. The van der Waals surface area contributed by atoms with Crippen LogP contribution >= 0.6 is 11.3 Å². The van der Waals surface area contributed by atoms with E-state index in [0.717, 1.165) is 68.6 Å². The Labute approximate surface area is 440 Å². The van der Waals surface area contributed by atoms with Gasteiger partial charge in [0, 0.05) is 31.4 Å². The molecule has 1 unspecified atom stereocenters. The van der Waals surface area contributed by atoms with Crippen molar-refractivity contribution in [1.82, 2.24) is 36.1 Å². The van der Waals surface area contributed by atoms with Gasteiger partial charge in [-0.25, -0.2) is 4.98 Å². The van der Waals surface area contributed by atoms with Crippen molar-refractivity contribution < 1.29 is 42.2 Å². The maximum absolute atomic E-state index is 14.2. The third kappa shape index (κ3) is 14.2. The molecule has 5 N–H and O–H groups in total. The van der Waals surface area contributed by atoms with Crippen LogP contribution < -0.4 is 26.0 Å². The summed E-state index contributed by atoms with van der Waals surface area (Å²) >= 11 is 1.59. The van der Waals surface area contributed by atoms with Crippen molar-refractivity contribution in [2.75, 3.05) is 26.2 Å². The second-order valence-electron chi connectivity index (χ2n) is 20.8. The van der Waals surface area contributed by atoms with Gasteiger partial charge >= 0.3 is 6.18 Å². The zero-order valence-corrected chi connectivity index (χ0v) is 43.8. The summed E-state index contributed by atoms with van der Waals surface area (Å²) in [5.41, 5.74) is 5.92. The number of alkyl halides is 3. The van der Waals surface area contributed by atoms with E-state index in [0.29, 0.717) is 63.3 Å². The number of thiazole rings is 1. The number of hydrogen-bond donors (Lipinski definition) is 5. The predicted octanol–water partition coefficient (Wildman–Crippen LogP) is 9.98. The molecule has 1 aromatic heterocycles. The molecule has 2 fully saturated rings. The minimum Gasteiger partial charge on any atom is -0.457 e. The Kier molecular flexibility index (Phi) is 17.4. The molecule has 2 saturated heterocycles. The number of hydrogen-bond acceptors (Lipinski definition) is 10. The standard InChI is InChI=1S/C58H66F3N7O6S/c1-36(41-14-16-42(17-15-41)52-37(2)64-35-75-52)65-55(72)48-12-8-26-68(48)56(73)53(57(3,4)5)66-51(70)34-67-27-24-38(25-28-67)30-50(69)62-32-39-9-6-10-40(29-39)33-63-54(71)44-18-23-47-43(31-44)11-7-13-49(47)74-46-21-19-45(20-22-46)58(59,60)61/h6-7,9-11,13-23,29,31,35-36,38,48,53-54,63,71H,8,12,24-28,30,32-34H2,1-5H3,(H,62,69)(H,65,72)(H,66,70)/t36-,48-,53+,54?/m1/s1. The summed E-state index contributed by atoms with van der Waals surface area (Å²) < 4.78 is 45.0. The van der Waals surface area contributed by atoms with Crippen molar-refractivity contribution in [2.24, 2.45) is 11.3 Å². The summed E-state index contributed by atoms with van der Waals surface area (Å²) in [4.78, 5) is 63.8. The van der Waals surface area contributed by atoms with Crippen molar-refractivity contribution in [3.63, 3.8) is 0 Å². The molecule has 17 heteroatoms. The second-order valence-corrected chi connectivity index (χ2v) is 21.7. The number of nitrogens with one attached hydrogen (secondary N) is 4. The number of aliphatic hydroxyl groups is 1. The van der Waals surface area contributed by atoms with Gasteiger partial charge in [-0.05, 0) is 134 Å². The smallest absolute Gasteiger partial charge is 0.416 e. The Morgan fingerprint density at radius 3 is 2.19 bits per heavy atom. The van der Waals surface area contributed by atoms with Crippen molar-refractivity contribution in [1.29, 1.82) is 0 Å². The second kappa shape index (κ2) is 23.9. The number of ether oxygens (including phenoxy) is 1. The first-order chi connectivity index (χ1) is 35.8. The van der Waals surface area contributed by atoms with Crippen LogP contribution in [0.1, 0.15) is 106 Å². The fourth-order valence-corrected chi connectivity index (χ4v) is 10.7. The number of aliphatic hydroxyl groups excluding tert-OH is 1. The van der Waals surface area contributed by atoms with Gasteiger partial charge < -0.3 is 30.7 Å². The van der Waals surface area contributed by atoms with Crippen molar-refractivity contribution in [2.45, 2.75) is 110 Å². The first-order valence-corrected chi connectivity index (χ1v) is 26.4. The maximum atomic E-state index is 14.2. The molecule has 0 bridgehead atoms. The number of piperidine rings is 1. The quantitative estimate of drug-likeness (QED) is 0.0527. The summed E-state index contributed by atoms with van der Waals surface area (Å²) in [6.45, 7) is 12.2. The third-order valence-electron chi connectivity index (χ3n) is 14.2. The third-order valence-corrected chi connectivity index (χ3v) is 15.1. The van der Waals surface area contributed by atoms with E-state index in [1.807, 2.05) is 101 Å². The molecule has 4 amide bonds. The Bertz CT molecular complexity index is 2950. The number of halogens is 3. The van der Waals surface area contributed by atoms with Crippen LogP contribution in [0.3, 0.4) is 0 Å². The molecule has 8 rings (SSSR count). The zero-order chi connectivity index (χ0) is 53.4. The number of aryl methyl sites for hydroxylation is 1. The molecular weight excluding hydrogens is 980 g/mol. The lowest BCUT2D eigenvalue weighted by atomic mass is 9.85. The molecule has 13 nitrogen and oxygen atoms in total. The average Bonchev–Trinajstić information content (AvgIpc) is 4.07. The van der Waals surface area contributed by atoms with Gasteiger partial charge in [0.2, 0.25) is 23.6 Å². The van der Waals surface area contributed by atoms with Crippen molar-refractivity contribution in [3.8, 4) is 21.9 Å². The minimum atomic E-state index is -4.44. The number of carbonyl (C=O) groups excluding carboxylic acids is 4. The van der Waals surface area contributed by atoms with Crippen LogP contribution in [0.5, 0.6) is 11.5 Å². The van der Waals surface area contributed by atoms with Crippen LogP contribution in [0.4, 0.5) is 13.2 Å². The first kappa shape index (κ1) is 54.6. The summed E-state index contributed by atoms with van der Waals surface area (Å²) in [6, 6.07) is 29.4. The normalized spacial score (nSPS) is 16.8. The summed E-state index contributed by atoms with van der Waals surface area (Å²) in [7, 11) is 0. The van der Waals surface area contributed by atoms with Crippen molar-refractivity contribution >= 4 is 45.7 Å². The van der Waals surface area contributed by atoms with E-state index in [9.17, 15) is 37.5 Å². The first-order valence-electron chi connectivity index (χ1n) is 25.6. The SMILES string of the molecule is Cc1ncsc1-c1ccc([C@@H](C)NC(=O)[C@H]2CCCN2C(=O)[C@H](NC(=O)CN2CCC(CC(=O)NCc3cccc(CNC(O)c4ccc5c(Oc6ccc(C(F)(F)F)cc6)cccc5c4)c3)CC2)C(C)(C)C)cc1. The lowest BCUT2D eigenvalue weighted by Crippen LogP contribution is -2.58. The van der Waals surface area contributed by atoms with E-state index in [4.69, 9.17) is 4.74 Å². The maximum Gasteiger partial charge on any atom is 0.416 e. The number of nitrogens with zero attached hydrogens (tertiary/aromatic N) is 3. The van der Waals surface area contributed by atoms with Gasteiger partial charge in [-0.2, -0.15) is 13.2 Å². The zero-order valence-electron chi connectivity index (χ0n) is 43.0. The highest BCUT2D eigenvalue weighted by molar-refractivity contribution is 7.13. The van der Waals surface area contributed by atoms with Gasteiger partial charge in [0.1, 0.15) is 29.8 Å². The molecule has 75 heavy (non-hydrogen) atoms. The summed E-state index contributed by atoms with van der Waals surface area (Å²) in [5.74, 6) is 0.120. The average molecular weight is 1050 g/mol. The number of rotatable bonds is 18. The number of benzene rings is 5. The monoisotopic (exact) mass is 1050 g/mol. The molecule has 3 heterocycles. The Morgan fingerprint density at radius 1 is 0.813 bits per heavy atom. The van der Waals surface area contributed by atoms with Crippen LogP contribution in [0.2, 0.25) is 0 Å². The molecule has 0 aliphatic carbocycles. The highest BCUT2D eigenvalue weighted by atomic mass is 32.1. The van der Waals surface area contributed by atoms with Gasteiger partial charge in [0.25, 0.3) is 0 Å². The number of fused-ring (bicyclic) bond motifs is 1. The molecule has 0 radical (unpaired) electrons. The summed E-state index contributed by atoms with van der Waals surface area (Å²) in [6.07, 6.45) is -2.34. The minimum absolute atomic E-state index is 0.0548. The van der Waals surface area contributed by atoms with Gasteiger partial charge in [0.05, 0.1) is 34.2 Å². The van der Waals surface area contributed by atoms with Crippen LogP contribution in [0, 0.1) is 18.3 Å². The molecule has 2 aliphatic rings. The Morgan fingerprint density at radius 2 is 1.51 bits per heavy atom. The number of amides is 4. The molecule has 6 aromatic rings. The Hall–Kier alpha value is -6.66. The predicted molar refractivity (Wildman–Crippen MR) is 284 cm³/mol. The van der Waals surface area contributed by atoms with Gasteiger partial charge in [0.15, 0.2) is 0 Å². The summed E-state index contributed by atoms with van der Waals surface area (Å²) in [5, 5.41) is 25.0. The van der Waals surface area contributed by atoms with E-state index in [2.05, 4.69) is 31.2 Å². The van der Waals surface area contributed by atoms with Crippen LogP contribution in [-0.2, 0) is 38.4 Å². The lowest BCUT2D eigenvalue weighted by Gasteiger charge is -2.36. The largest absolute Gasteiger partial charge is 0.457 e. The van der Waals surface area contributed by atoms with Crippen LogP contribution in [-0.4, -0.2) is 81.8 Å². The van der Waals surface area contributed by atoms with E-state index >= 15 is 0 Å². The molecule has 4 atom stereocenters. The molecule has 0 saturated carbocycles. The number of carbonyl (C=O) groups is 4. The highest BCUT2D eigenvalue weighted by Gasteiger charge is 2.42. The van der Waals surface area contributed by atoms with Gasteiger partial charge in [-0.3, -0.25) is 29.4 Å². The van der Waals surface area contributed by atoms with Gasteiger partial charge in [-0.1, -0.05) is 93.6 Å². The fraction of sp³-hybridized carbons (Fsp3) is 0.397. The topological polar surface area (TPSA) is 165 Å². The molecule has 396 valence electrons. The Balaban J connectivity index is 0.751. The number of likely N-dealkylation sites (tertiary alicyclic amines) is 2. The molecular formula is C58H66F3N7O6S. The number of aromatic nitrogens is 1. The fourth-order valence-electron chi connectivity index (χ4n) is 9.86. The molecule has 2 aliphatic heterocycles. The van der Waals surface area contributed by atoms with Crippen molar-refractivity contribution in [3.05, 3.63) is 148 Å². The molecule has 0 spiro atoms. The van der Waals surface area contributed by atoms with E-state index < -0.39 is 35.5 Å². The van der Waals surface area contributed by atoms with E-state index in [1.54, 1.807) is 40.5 Å². The van der Waals surface area contributed by atoms with Gasteiger partial charge in [-0.15, -0.1) is 11.3 Å². The molecule has 5 aromatic carbocycles.